The number of anilines is 1. The van der Waals surface area contributed by atoms with Crippen LogP contribution in [-0.4, -0.2) is 16.7 Å². The summed E-state index contributed by atoms with van der Waals surface area (Å²) in [6.07, 6.45) is 3.76. The van der Waals surface area contributed by atoms with Gasteiger partial charge >= 0.3 is 0 Å². The summed E-state index contributed by atoms with van der Waals surface area (Å²) in [4.78, 5) is 0. The Morgan fingerprint density at radius 3 is 3.00 bits per heavy atom. The third kappa shape index (κ3) is 3.14. The lowest BCUT2D eigenvalue weighted by Crippen LogP contribution is -2.01. The minimum atomic E-state index is 0.807. The highest BCUT2D eigenvalue weighted by molar-refractivity contribution is 5.32. The zero-order chi connectivity index (χ0) is 8.81. The van der Waals surface area contributed by atoms with Crippen LogP contribution in [0.5, 0.6) is 0 Å². The van der Waals surface area contributed by atoms with E-state index in [2.05, 4.69) is 35.4 Å². The molecule has 3 nitrogen and oxygen atoms in total. The zero-order valence-corrected chi connectivity index (χ0v) is 7.41. The van der Waals surface area contributed by atoms with Gasteiger partial charge in [-0.15, -0.1) is 5.10 Å². The fourth-order valence-electron chi connectivity index (χ4n) is 0.756. The van der Waals surface area contributed by atoms with E-state index in [0.717, 1.165) is 12.4 Å². The number of hydrogen-bond acceptors (Lipinski definition) is 3. The van der Waals surface area contributed by atoms with Crippen LogP contribution < -0.4 is 5.32 Å². The molecule has 0 aliphatic carbocycles. The van der Waals surface area contributed by atoms with Crippen molar-refractivity contribution in [2.75, 3.05) is 11.9 Å². The van der Waals surface area contributed by atoms with Crippen molar-refractivity contribution < 1.29 is 0 Å². The molecule has 3 heteroatoms. The Balaban J connectivity index is 2.39. The maximum atomic E-state index is 3.89. The lowest BCUT2D eigenvalue weighted by atomic mass is 10.3. The van der Waals surface area contributed by atoms with Gasteiger partial charge in [0.05, 0.1) is 0 Å². The predicted molar refractivity (Wildman–Crippen MR) is 50.0 cm³/mol. The largest absolute Gasteiger partial charge is 0.365 e. The summed E-state index contributed by atoms with van der Waals surface area (Å²) in [6.45, 7) is 4.94. The zero-order valence-electron chi connectivity index (χ0n) is 7.41. The van der Waals surface area contributed by atoms with Gasteiger partial charge in [-0.3, -0.25) is 0 Å². The van der Waals surface area contributed by atoms with E-state index in [1.165, 1.54) is 5.57 Å². The predicted octanol–water partition coefficient (Wildman–Crippen LogP) is 1.85. The van der Waals surface area contributed by atoms with E-state index in [1.807, 2.05) is 12.1 Å². The molecule has 0 aliphatic heterocycles. The van der Waals surface area contributed by atoms with Crippen LogP contribution in [0.4, 0.5) is 5.82 Å². The summed E-state index contributed by atoms with van der Waals surface area (Å²) in [5, 5.41) is 10.8. The Morgan fingerprint density at radius 2 is 2.42 bits per heavy atom. The molecule has 0 fully saturated rings. The van der Waals surface area contributed by atoms with E-state index < -0.39 is 0 Å². The van der Waals surface area contributed by atoms with Crippen molar-refractivity contribution in [1.82, 2.24) is 10.2 Å². The van der Waals surface area contributed by atoms with Crippen LogP contribution in [0.2, 0.25) is 0 Å². The Hall–Kier alpha value is -1.38. The van der Waals surface area contributed by atoms with Gasteiger partial charge in [0.15, 0.2) is 0 Å². The maximum Gasteiger partial charge on any atom is 0.148 e. The molecule has 1 aromatic heterocycles. The summed E-state index contributed by atoms with van der Waals surface area (Å²) in [7, 11) is 0. The highest BCUT2D eigenvalue weighted by Crippen LogP contribution is 1.97. The van der Waals surface area contributed by atoms with Gasteiger partial charge in [-0.25, -0.2) is 0 Å². The highest BCUT2D eigenvalue weighted by atomic mass is 15.2. The molecule has 1 N–H and O–H groups in total. The first-order valence-corrected chi connectivity index (χ1v) is 3.94. The topological polar surface area (TPSA) is 37.8 Å². The van der Waals surface area contributed by atoms with Crippen LogP contribution in [0, 0.1) is 0 Å². The molecule has 12 heavy (non-hydrogen) atoms. The van der Waals surface area contributed by atoms with E-state index in [9.17, 15) is 0 Å². The first-order chi connectivity index (χ1) is 5.79. The second kappa shape index (κ2) is 4.49. The van der Waals surface area contributed by atoms with Crippen molar-refractivity contribution in [2.45, 2.75) is 13.8 Å². The number of nitrogens with one attached hydrogen (secondary N) is 1. The number of aromatic nitrogens is 2. The summed E-state index contributed by atoms with van der Waals surface area (Å²) in [6, 6.07) is 3.75. The summed E-state index contributed by atoms with van der Waals surface area (Å²) in [5.74, 6) is 0.815. The second-order valence-corrected chi connectivity index (χ2v) is 2.77. The standard InChI is InChI=1S/C9H13N3/c1-8(2)5-7-10-9-4-3-6-11-12-9/h3-6H,7H2,1-2H3,(H,10,12). The Labute approximate surface area is 72.5 Å². The van der Waals surface area contributed by atoms with E-state index >= 15 is 0 Å². The van der Waals surface area contributed by atoms with Crippen molar-refractivity contribution in [3.8, 4) is 0 Å². The number of allylic oxidation sites excluding steroid dienone is 1. The van der Waals surface area contributed by atoms with Crippen molar-refractivity contribution in [1.29, 1.82) is 0 Å². The number of rotatable bonds is 3. The summed E-state index contributed by atoms with van der Waals surface area (Å²) in [5.41, 5.74) is 1.30. The molecule has 0 atom stereocenters. The van der Waals surface area contributed by atoms with Gasteiger partial charge < -0.3 is 5.32 Å². The molecular weight excluding hydrogens is 150 g/mol. The van der Waals surface area contributed by atoms with E-state index in [1.54, 1.807) is 6.20 Å². The molecule has 1 heterocycles. The van der Waals surface area contributed by atoms with E-state index in [-0.39, 0.29) is 0 Å². The van der Waals surface area contributed by atoms with Gasteiger partial charge in [-0.2, -0.15) is 5.10 Å². The molecule has 0 amide bonds. The fraction of sp³-hybridized carbons (Fsp3) is 0.333. The van der Waals surface area contributed by atoms with Crippen molar-refractivity contribution in [3.63, 3.8) is 0 Å². The second-order valence-electron chi connectivity index (χ2n) is 2.77. The van der Waals surface area contributed by atoms with Gasteiger partial charge in [0.1, 0.15) is 5.82 Å². The lowest BCUT2D eigenvalue weighted by Gasteiger charge is -1.99. The molecule has 0 unspecified atom stereocenters. The molecule has 0 spiro atoms. The van der Waals surface area contributed by atoms with Gasteiger partial charge in [0.25, 0.3) is 0 Å². The molecule has 0 aromatic carbocycles. The van der Waals surface area contributed by atoms with Crippen LogP contribution in [0.1, 0.15) is 13.8 Å². The third-order valence-electron chi connectivity index (χ3n) is 1.37. The highest BCUT2D eigenvalue weighted by Gasteiger charge is 1.87. The smallest absolute Gasteiger partial charge is 0.148 e. The average molecular weight is 163 g/mol. The molecular formula is C9H13N3. The Kier molecular flexibility index (Phi) is 3.26. The Morgan fingerprint density at radius 1 is 1.58 bits per heavy atom. The average Bonchev–Trinajstić information content (AvgIpc) is 2.05. The van der Waals surface area contributed by atoms with Crippen molar-refractivity contribution >= 4 is 5.82 Å². The molecule has 64 valence electrons. The van der Waals surface area contributed by atoms with Crippen molar-refractivity contribution in [2.24, 2.45) is 0 Å². The molecule has 0 saturated heterocycles. The quantitative estimate of drug-likeness (QED) is 0.691. The van der Waals surface area contributed by atoms with E-state index in [4.69, 9.17) is 0 Å². The molecule has 0 bridgehead atoms. The first kappa shape index (κ1) is 8.71. The lowest BCUT2D eigenvalue weighted by molar-refractivity contribution is 1.02. The van der Waals surface area contributed by atoms with Gasteiger partial charge in [0.2, 0.25) is 0 Å². The van der Waals surface area contributed by atoms with Crippen LogP contribution >= 0.6 is 0 Å². The van der Waals surface area contributed by atoms with Gasteiger partial charge in [-0.05, 0) is 26.0 Å². The normalized spacial score (nSPS) is 9.17. The summed E-state index contributed by atoms with van der Waals surface area (Å²) >= 11 is 0. The van der Waals surface area contributed by atoms with Crippen LogP contribution in [0.15, 0.2) is 30.0 Å². The van der Waals surface area contributed by atoms with E-state index in [0.29, 0.717) is 0 Å². The maximum absolute atomic E-state index is 3.89. The molecule has 1 aromatic rings. The van der Waals surface area contributed by atoms with Gasteiger partial charge in [-0.1, -0.05) is 11.6 Å². The molecule has 0 radical (unpaired) electrons. The van der Waals surface area contributed by atoms with Crippen LogP contribution in [0.25, 0.3) is 0 Å². The van der Waals surface area contributed by atoms with Crippen LogP contribution in [-0.2, 0) is 0 Å². The molecule has 0 saturated carbocycles. The minimum absolute atomic E-state index is 0.807. The summed E-state index contributed by atoms with van der Waals surface area (Å²) < 4.78 is 0. The molecule has 0 aliphatic rings. The third-order valence-corrected chi connectivity index (χ3v) is 1.37. The number of hydrogen-bond donors (Lipinski definition) is 1. The Bertz CT molecular complexity index is 250. The first-order valence-electron chi connectivity index (χ1n) is 3.94. The minimum Gasteiger partial charge on any atom is -0.365 e. The van der Waals surface area contributed by atoms with Crippen LogP contribution in [0.3, 0.4) is 0 Å². The SMILES string of the molecule is CC(C)=CCNc1cccnn1. The van der Waals surface area contributed by atoms with Gasteiger partial charge in [0, 0.05) is 12.7 Å². The fourth-order valence-corrected chi connectivity index (χ4v) is 0.756. The van der Waals surface area contributed by atoms with Crippen molar-refractivity contribution in [3.05, 3.63) is 30.0 Å². The molecule has 1 rings (SSSR count). The monoisotopic (exact) mass is 163 g/mol. The number of nitrogens with zero attached hydrogens (tertiary/aromatic N) is 2.